The smallest absolute Gasteiger partial charge is 0.251 e. The van der Waals surface area contributed by atoms with Crippen molar-refractivity contribution >= 4 is 33.2 Å². The average molecular weight is 424 g/mol. The first kappa shape index (κ1) is 22.2. The lowest BCUT2D eigenvalue weighted by atomic mass is 10.2. The Morgan fingerprint density at radius 2 is 1.82 bits per heavy atom. The van der Waals surface area contributed by atoms with Gasteiger partial charge in [0, 0.05) is 45.0 Å². The van der Waals surface area contributed by atoms with Crippen LogP contribution < -0.4 is 10.2 Å². The van der Waals surface area contributed by atoms with Gasteiger partial charge in [-0.25, -0.2) is 12.7 Å². The monoisotopic (exact) mass is 423 g/mol. The molecular weight excluding hydrogens is 398 g/mol. The number of nitrogens with zero attached hydrogens (tertiary/aromatic N) is 2. The Bertz CT molecular complexity index is 945. The van der Waals surface area contributed by atoms with Crippen LogP contribution >= 0.6 is 11.6 Å². The van der Waals surface area contributed by atoms with Crippen LogP contribution in [0.4, 0.5) is 5.69 Å². The van der Waals surface area contributed by atoms with Gasteiger partial charge in [-0.3, -0.25) is 4.79 Å². The van der Waals surface area contributed by atoms with Gasteiger partial charge in [0.15, 0.2) is 0 Å². The van der Waals surface area contributed by atoms with Crippen LogP contribution in [0.2, 0.25) is 5.02 Å². The molecule has 8 heteroatoms. The van der Waals surface area contributed by atoms with Gasteiger partial charge in [0.25, 0.3) is 5.91 Å². The largest absolute Gasteiger partial charge is 0.370 e. The molecule has 0 aromatic heterocycles. The quantitative estimate of drug-likeness (QED) is 0.708. The first-order valence-corrected chi connectivity index (χ1v) is 10.8. The molecule has 2 rings (SSSR count). The Labute approximate surface area is 172 Å². The van der Waals surface area contributed by atoms with E-state index in [0.717, 1.165) is 16.5 Å². The number of aryl methyl sites for hydroxylation is 1. The number of halogens is 1. The number of para-hydroxylation sites is 1. The minimum atomic E-state index is -3.73. The summed E-state index contributed by atoms with van der Waals surface area (Å²) in [5.41, 5.74) is 2.56. The molecule has 1 N–H and O–H groups in total. The number of anilines is 1. The number of nitrogens with one attached hydrogen (secondary N) is 1. The van der Waals surface area contributed by atoms with Gasteiger partial charge in [-0.1, -0.05) is 29.8 Å². The molecule has 1 amide bonds. The number of likely N-dealkylation sites (N-methyl/N-ethyl adjacent to an activating group) is 1. The standard InChI is InChI=1S/C20H26ClN3O3S/c1-5-24(18-9-7-6-8-15(18)2)13-12-22-20(25)16-10-11-17(21)19(14-16)28(26,27)23(3)4/h6-11,14H,5,12-13H2,1-4H3,(H,22,25). The first-order valence-electron chi connectivity index (χ1n) is 8.99. The Morgan fingerprint density at radius 1 is 1.14 bits per heavy atom. The molecule has 0 heterocycles. The maximum absolute atomic E-state index is 12.5. The number of sulfonamides is 1. The summed E-state index contributed by atoms with van der Waals surface area (Å²) < 4.78 is 25.8. The molecular formula is C20H26ClN3O3S. The van der Waals surface area contributed by atoms with Gasteiger partial charge in [-0.15, -0.1) is 0 Å². The van der Waals surface area contributed by atoms with Crippen molar-refractivity contribution in [2.45, 2.75) is 18.7 Å². The summed E-state index contributed by atoms with van der Waals surface area (Å²) in [5, 5.41) is 2.93. The van der Waals surface area contributed by atoms with E-state index in [1.807, 2.05) is 12.1 Å². The van der Waals surface area contributed by atoms with E-state index in [4.69, 9.17) is 11.6 Å². The van der Waals surface area contributed by atoms with Gasteiger partial charge < -0.3 is 10.2 Å². The fourth-order valence-corrected chi connectivity index (χ4v) is 4.21. The van der Waals surface area contributed by atoms with E-state index in [1.165, 1.54) is 37.9 Å². The zero-order valence-electron chi connectivity index (χ0n) is 16.6. The van der Waals surface area contributed by atoms with Gasteiger partial charge in [0.2, 0.25) is 10.0 Å². The van der Waals surface area contributed by atoms with Crippen molar-refractivity contribution in [3.05, 3.63) is 58.6 Å². The van der Waals surface area contributed by atoms with E-state index in [2.05, 4.69) is 36.2 Å². The second-order valence-electron chi connectivity index (χ2n) is 6.55. The highest BCUT2D eigenvalue weighted by Gasteiger charge is 2.22. The first-order chi connectivity index (χ1) is 13.2. The van der Waals surface area contributed by atoms with E-state index in [-0.39, 0.29) is 21.4 Å². The summed E-state index contributed by atoms with van der Waals surface area (Å²) >= 11 is 6.03. The fourth-order valence-electron chi connectivity index (χ4n) is 2.81. The third-order valence-corrected chi connectivity index (χ3v) is 6.75. The third-order valence-electron chi connectivity index (χ3n) is 4.46. The molecule has 0 aliphatic carbocycles. The number of carbonyl (C=O) groups excluding carboxylic acids is 1. The summed E-state index contributed by atoms with van der Waals surface area (Å²) in [4.78, 5) is 14.6. The van der Waals surface area contributed by atoms with Crippen LogP contribution in [0.5, 0.6) is 0 Å². The topological polar surface area (TPSA) is 69.7 Å². The Hall–Kier alpha value is -2.09. The highest BCUT2D eigenvalue weighted by molar-refractivity contribution is 7.89. The zero-order valence-corrected chi connectivity index (χ0v) is 18.1. The lowest BCUT2D eigenvalue weighted by molar-refractivity contribution is 0.0954. The molecule has 2 aromatic rings. The molecule has 0 spiro atoms. The third kappa shape index (κ3) is 5.04. The molecule has 28 heavy (non-hydrogen) atoms. The lowest BCUT2D eigenvalue weighted by Gasteiger charge is -2.25. The minimum Gasteiger partial charge on any atom is -0.370 e. The van der Waals surface area contributed by atoms with Crippen LogP contribution in [0.3, 0.4) is 0 Å². The second kappa shape index (κ2) is 9.41. The molecule has 0 radical (unpaired) electrons. The summed E-state index contributed by atoms with van der Waals surface area (Å²) in [6, 6.07) is 12.4. The highest BCUT2D eigenvalue weighted by Crippen LogP contribution is 2.25. The van der Waals surface area contributed by atoms with Crippen LogP contribution in [0.25, 0.3) is 0 Å². The number of benzene rings is 2. The summed E-state index contributed by atoms with van der Waals surface area (Å²) in [6.07, 6.45) is 0. The van der Waals surface area contributed by atoms with E-state index in [9.17, 15) is 13.2 Å². The molecule has 0 aliphatic heterocycles. The molecule has 0 unspecified atom stereocenters. The molecule has 0 aliphatic rings. The van der Waals surface area contributed by atoms with Gasteiger partial charge in [-0.2, -0.15) is 0 Å². The molecule has 0 atom stereocenters. The lowest BCUT2D eigenvalue weighted by Crippen LogP contribution is -2.35. The Kier molecular flexibility index (Phi) is 7.46. The van der Waals surface area contributed by atoms with Gasteiger partial charge in [-0.05, 0) is 43.7 Å². The highest BCUT2D eigenvalue weighted by atomic mass is 35.5. The predicted molar refractivity (Wildman–Crippen MR) is 114 cm³/mol. The van der Waals surface area contributed by atoms with Crippen molar-refractivity contribution in [3.8, 4) is 0 Å². The van der Waals surface area contributed by atoms with Crippen molar-refractivity contribution in [1.82, 2.24) is 9.62 Å². The maximum Gasteiger partial charge on any atom is 0.251 e. The molecule has 6 nitrogen and oxygen atoms in total. The zero-order chi connectivity index (χ0) is 20.9. The molecule has 0 bridgehead atoms. The Balaban J connectivity index is 2.08. The van der Waals surface area contributed by atoms with E-state index >= 15 is 0 Å². The maximum atomic E-state index is 12.5. The van der Waals surface area contributed by atoms with Gasteiger partial charge >= 0.3 is 0 Å². The summed E-state index contributed by atoms with van der Waals surface area (Å²) in [5.74, 6) is -0.340. The van der Waals surface area contributed by atoms with Crippen LogP contribution in [0.1, 0.15) is 22.8 Å². The van der Waals surface area contributed by atoms with Crippen molar-refractivity contribution in [2.75, 3.05) is 38.6 Å². The van der Waals surface area contributed by atoms with E-state index in [1.54, 1.807) is 0 Å². The minimum absolute atomic E-state index is 0.0816. The van der Waals surface area contributed by atoms with Crippen LogP contribution in [0.15, 0.2) is 47.4 Å². The SMILES string of the molecule is CCN(CCNC(=O)c1ccc(Cl)c(S(=O)(=O)N(C)C)c1)c1ccccc1C. The van der Waals surface area contributed by atoms with Crippen LogP contribution in [0, 0.1) is 6.92 Å². The fraction of sp³-hybridized carbons (Fsp3) is 0.350. The Morgan fingerprint density at radius 3 is 2.43 bits per heavy atom. The molecule has 0 fully saturated rings. The number of amides is 1. The molecule has 2 aromatic carbocycles. The van der Waals surface area contributed by atoms with Crippen molar-refractivity contribution < 1.29 is 13.2 Å². The van der Waals surface area contributed by atoms with Gasteiger partial charge in [0.05, 0.1) is 5.02 Å². The van der Waals surface area contributed by atoms with Crippen molar-refractivity contribution in [2.24, 2.45) is 0 Å². The van der Waals surface area contributed by atoms with E-state index < -0.39 is 10.0 Å². The van der Waals surface area contributed by atoms with E-state index in [0.29, 0.717) is 13.1 Å². The number of hydrogen-bond acceptors (Lipinski definition) is 4. The average Bonchev–Trinajstić information content (AvgIpc) is 2.66. The molecule has 0 saturated heterocycles. The normalized spacial score (nSPS) is 11.5. The predicted octanol–water partition coefficient (Wildman–Crippen LogP) is 3.16. The second-order valence-corrected chi connectivity index (χ2v) is 9.08. The summed E-state index contributed by atoms with van der Waals surface area (Å²) in [7, 11) is -0.889. The van der Waals surface area contributed by atoms with Crippen LogP contribution in [-0.4, -0.2) is 52.4 Å². The molecule has 152 valence electrons. The van der Waals surface area contributed by atoms with Crippen molar-refractivity contribution in [3.63, 3.8) is 0 Å². The number of rotatable bonds is 8. The van der Waals surface area contributed by atoms with Crippen molar-refractivity contribution in [1.29, 1.82) is 0 Å². The molecule has 0 saturated carbocycles. The summed E-state index contributed by atoms with van der Waals surface area (Å²) in [6.45, 7) is 6.00. The van der Waals surface area contributed by atoms with Gasteiger partial charge in [0.1, 0.15) is 4.90 Å². The number of hydrogen-bond donors (Lipinski definition) is 1. The van der Waals surface area contributed by atoms with Crippen LogP contribution in [-0.2, 0) is 10.0 Å². The number of carbonyl (C=O) groups is 1.